The number of hydrogen-bond donors (Lipinski definition) is 0. The molecule has 1 fully saturated rings. The number of fused-ring (bicyclic) bond motifs is 1. The van der Waals surface area contributed by atoms with Crippen molar-refractivity contribution in [1.29, 1.82) is 0 Å². The molecule has 2 aliphatic carbocycles. The molecule has 0 atom stereocenters. The van der Waals surface area contributed by atoms with E-state index in [1.54, 1.807) is 0 Å². The van der Waals surface area contributed by atoms with Crippen molar-refractivity contribution in [2.45, 2.75) is 38.0 Å². The third-order valence-corrected chi connectivity index (χ3v) is 4.04. The van der Waals surface area contributed by atoms with E-state index in [0.717, 1.165) is 0 Å². The molecule has 2 aliphatic rings. The summed E-state index contributed by atoms with van der Waals surface area (Å²) in [7, 11) is 0. The predicted octanol–water partition coefficient (Wildman–Crippen LogP) is 3.67. The number of carbonyl (C=O) groups excluding carboxylic acids is 2. The average Bonchev–Trinajstić information content (AvgIpc) is 2.44. The van der Waals surface area contributed by atoms with E-state index in [0.29, 0.717) is 17.0 Å². The molecule has 0 spiro atoms. The lowest BCUT2D eigenvalue weighted by Crippen LogP contribution is -2.13. The number of rotatable bonds is 1. The lowest BCUT2D eigenvalue weighted by molar-refractivity contribution is 0.0994. The Hall–Kier alpha value is -1.70. The van der Waals surface area contributed by atoms with Gasteiger partial charge in [0.15, 0.2) is 11.6 Å². The van der Waals surface area contributed by atoms with Crippen LogP contribution in [0.4, 0.5) is 0 Å². The molecule has 0 amide bonds. The van der Waals surface area contributed by atoms with Gasteiger partial charge in [0.05, 0.1) is 0 Å². The molecule has 0 bridgehead atoms. The third kappa shape index (κ3) is 1.92. The SMILES string of the molecule is O=C1C=CC(=O)c2cc(C3CCCCC3)ccc21. The number of ketones is 2. The van der Waals surface area contributed by atoms with Gasteiger partial charge >= 0.3 is 0 Å². The first kappa shape index (κ1) is 11.4. The van der Waals surface area contributed by atoms with Crippen molar-refractivity contribution in [2.75, 3.05) is 0 Å². The minimum absolute atomic E-state index is 0.0396. The highest BCUT2D eigenvalue weighted by Crippen LogP contribution is 2.34. The predicted molar refractivity (Wildman–Crippen MR) is 70.1 cm³/mol. The zero-order chi connectivity index (χ0) is 12.5. The second-order valence-electron chi connectivity index (χ2n) is 5.20. The highest BCUT2D eigenvalue weighted by atomic mass is 16.1. The summed E-state index contributed by atoms with van der Waals surface area (Å²) in [5.41, 5.74) is 2.37. The van der Waals surface area contributed by atoms with E-state index in [2.05, 4.69) is 0 Å². The fourth-order valence-corrected chi connectivity index (χ4v) is 3.00. The van der Waals surface area contributed by atoms with E-state index in [1.807, 2.05) is 18.2 Å². The molecule has 0 saturated heterocycles. The Kier molecular flexibility index (Phi) is 2.86. The van der Waals surface area contributed by atoms with Crippen LogP contribution >= 0.6 is 0 Å². The molecule has 18 heavy (non-hydrogen) atoms. The van der Waals surface area contributed by atoms with Crippen LogP contribution in [0, 0.1) is 0 Å². The Morgan fingerprint density at radius 1 is 0.833 bits per heavy atom. The summed E-state index contributed by atoms with van der Waals surface area (Å²) in [5.74, 6) is 0.472. The van der Waals surface area contributed by atoms with Crippen molar-refractivity contribution in [2.24, 2.45) is 0 Å². The summed E-state index contributed by atoms with van der Waals surface area (Å²) >= 11 is 0. The van der Waals surface area contributed by atoms with E-state index in [4.69, 9.17) is 0 Å². The van der Waals surface area contributed by atoms with Crippen LogP contribution in [0.15, 0.2) is 30.4 Å². The summed E-state index contributed by atoms with van der Waals surface area (Å²) in [6.07, 6.45) is 9.03. The molecule has 0 unspecified atom stereocenters. The molecule has 1 saturated carbocycles. The lowest BCUT2D eigenvalue weighted by atomic mass is 9.82. The highest BCUT2D eigenvalue weighted by Gasteiger charge is 2.22. The van der Waals surface area contributed by atoms with Crippen molar-refractivity contribution in [3.05, 3.63) is 47.0 Å². The van der Waals surface area contributed by atoms with Crippen molar-refractivity contribution in [1.82, 2.24) is 0 Å². The molecule has 1 aromatic rings. The standard InChI is InChI=1S/C16H16O2/c17-15-8-9-16(18)14-10-12(6-7-13(14)15)11-4-2-1-3-5-11/h6-11H,1-5H2. The average molecular weight is 240 g/mol. The molecule has 0 aliphatic heterocycles. The second kappa shape index (κ2) is 4.52. The maximum Gasteiger partial charge on any atom is 0.186 e. The number of benzene rings is 1. The van der Waals surface area contributed by atoms with Gasteiger partial charge in [0.1, 0.15) is 0 Å². The molecule has 0 heterocycles. The first-order valence-corrected chi connectivity index (χ1v) is 6.66. The van der Waals surface area contributed by atoms with Gasteiger partial charge in [-0.25, -0.2) is 0 Å². The number of hydrogen-bond acceptors (Lipinski definition) is 2. The monoisotopic (exact) mass is 240 g/mol. The first-order valence-electron chi connectivity index (χ1n) is 6.66. The van der Waals surface area contributed by atoms with E-state index in [1.165, 1.54) is 49.8 Å². The Balaban J connectivity index is 1.98. The smallest absolute Gasteiger partial charge is 0.186 e. The van der Waals surface area contributed by atoms with Gasteiger partial charge in [-0.2, -0.15) is 0 Å². The van der Waals surface area contributed by atoms with Crippen molar-refractivity contribution < 1.29 is 9.59 Å². The normalized spacial score (nSPS) is 20.0. The van der Waals surface area contributed by atoms with Crippen molar-refractivity contribution >= 4 is 11.6 Å². The maximum absolute atomic E-state index is 11.8. The second-order valence-corrected chi connectivity index (χ2v) is 5.20. The molecule has 1 aromatic carbocycles. The quantitative estimate of drug-likeness (QED) is 0.750. The van der Waals surface area contributed by atoms with Gasteiger partial charge in [-0.15, -0.1) is 0 Å². The van der Waals surface area contributed by atoms with Gasteiger partial charge in [-0.05, 0) is 42.5 Å². The summed E-state index contributed by atoms with van der Waals surface area (Å²) < 4.78 is 0. The van der Waals surface area contributed by atoms with Crippen LogP contribution in [0.5, 0.6) is 0 Å². The summed E-state index contributed by atoms with van der Waals surface area (Å²) in [4.78, 5) is 23.5. The zero-order valence-corrected chi connectivity index (χ0v) is 10.3. The van der Waals surface area contributed by atoms with Gasteiger partial charge in [0.2, 0.25) is 0 Å². The molecular formula is C16H16O2. The van der Waals surface area contributed by atoms with Crippen LogP contribution in [0.2, 0.25) is 0 Å². The molecule has 0 radical (unpaired) electrons. The molecule has 92 valence electrons. The van der Waals surface area contributed by atoms with Gasteiger partial charge in [0.25, 0.3) is 0 Å². The Labute approximate surface area is 107 Å². The third-order valence-electron chi connectivity index (χ3n) is 4.04. The lowest BCUT2D eigenvalue weighted by Gasteiger charge is -2.23. The molecule has 2 nitrogen and oxygen atoms in total. The molecule has 0 aromatic heterocycles. The van der Waals surface area contributed by atoms with Gasteiger partial charge < -0.3 is 0 Å². The van der Waals surface area contributed by atoms with Crippen LogP contribution in [-0.2, 0) is 0 Å². The van der Waals surface area contributed by atoms with E-state index in [9.17, 15) is 9.59 Å². The van der Waals surface area contributed by atoms with Crippen molar-refractivity contribution in [3.63, 3.8) is 0 Å². The molecule has 2 heteroatoms. The summed E-state index contributed by atoms with van der Waals surface area (Å²) in [5, 5.41) is 0. The topological polar surface area (TPSA) is 34.1 Å². The largest absolute Gasteiger partial charge is 0.289 e. The van der Waals surface area contributed by atoms with E-state index >= 15 is 0 Å². The van der Waals surface area contributed by atoms with Gasteiger partial charge in [0, 0.05) is 11.1 Å². The summed E-state index contributed by atoms with van der Waals surface area (Å²) in [6.45, 7) is 0. The maximum atomic E-state index is 11.8. The van der Waals surface area contributed by atoms with Crippen LogP contribution in [0.25, 0.3) is 0 Å². The van der Waals surface area contributed by atoms with Crippen molar-refractivity contribution in [3.8, 4) is 0 Å². The van der Waals surface area contributed by atoms with E-state index in [-0.39, 0.29) is 11.6 Å². The zero-order valence-electron chi connectivity index (χ0n) is 10.3. The number of carbonyl (C=O) groups is 2. The Bertz CT molecular complexity index is 534. The van der Waals surface area contributed by atoms with Crippen LogP contribution < -0.4 is 0 Å². The Morgan fingerprint density at radius 3 is 2.22 bits per heavy atom. The van der Waals surface area contributed by atoms with E-state index < -0.39 is 0 Å². The van der Waals surface area contributed by atoms with Gasteiger partial charge in [-0.1, -0.05) is 31.4 Å². The number of allylic oxidation sites excluding steroid dienone is 2. The molecule has 3 rings (SSSR count). The molecular weight excluding hydrogens is 224 g/mol. The van der Waals surface area contributed by atoms with Gasteiger partial charge in [-0.3, -0.25) is 9.59 Å². The minimum atomic E-state index is -0.0557. The van der Waals surface area contributed by atoms with Crippen LogP contribution in [0.3, 0.4) is 0 Å². The summed E-state index contributed by atoms with van der Waals surface area (Å²) in [6, 6.07) is 5.79. The molecule has 0 N–H and O–H groups in total. The van der Waals surface area contributed by atoms with Crippen LogP contribution in [0.1, 0.15) is 64.3 Å². The fourth-order valence-electron chi connectivity index (χ4n) is 3.00. The fraction of sp³-hybridized carbons (Fsp3) is 0.375. The minimum Gasteiger partial charge on any atom is -0.289 e. The van der Waals surface area contributed by atoms with Crippen LogP contribution in [-0.4, -0.2) is 11.6 Å². The Morgan fingerprint density at radius 2 is 1.50 bits per heavy atom. The first-order chi connectivity index (χ1) is 8.75. The highest BCUT2D eigenvalue weighted by molar-refractivity contribution is 6.22.